The van der Waals surface area contributed by atoms with Gasteiger partial charge in [0.25, 0.3) is 0 Å². The van der Waals surface area contributed by atoms with E-state index in [4.69, 9.17) is 9.84 Å². The van der Waals surface area contributed by atoms with Crippen LogP contribution in [-0.4, -0.2) is 66.6 Å². The van der Waals surface area contributed by atoms with E-state index in [0.29, 0.717) is 6.61 Å². The Morgan fingerprint density at radius 1 is 1.62 bits per heavy atom. The average molecular weight is 334 g/mol. The molecule has 7 nitrogen and oxygen atoms in total. The first-order valence-corrected chi connectivity index (χ1v) is 9.06. The number of aromatic amines is 1. The van der Waals surface area contributed by atoms with Crippen molar-refractivity contribution in [2.75, 3.05) is 31.8 Å². The van der Waals surface area contributed by atoms with Crippen molar-refractivity contribution in [3.8, 4) is 0 Å². The molecular weight excluding hydrogens is 316 g/mol. The summed E-state index contributed by atoms with van der Waals surface area (Å²) < 4.78 is 31.8. The van der Waals surface area contributed by atoms with Gasteiger partial charge in [-0.15, -0.1) is 0 Å². The monoisotopic (exact) mass is 334 g/mol. The molecule has 1 aliphatic heterocycles. The first-order valence-electron chi connectivity index (χ1n) is 6.47. The minimum Gasteiger partial charge on any atom is -0.477 e. The van der Waals surface area contributed by atoms with E-state index in [1.54, 1.807) is 11.8 Å². The zero-order chi connectivity index (χ0) is 15.5. The van der Waals surface area contributed by atoms with Gasteiger partial charge in [0.05, 0.1) is 6.61 Å². The van der Waals surface area contributed by atoms with Crippen molar-refractivity contribution in [2.24, 2.45) is 0 Å². The minimum atomic E-state index is -3.72. The van der Waals surface area contributed by atoms with E-state index in [0.717, 1.165) is 24.0 Å². The zero-order valence-corrected chi connectivity index (χ0v) is 13.2. The standard InChI is InChI=1S/C12H18N2O5S2/c1-19-4-3-14(9-2-5-20-8-9)21(17,18)10-6-11(12(15)16)13-7-10/h6-7,9,13H,2-5,8H2,1H3,(H,15,16). The lowest BCUT2D eigenvalue weighted by Crippen LogP contribution is -2.42. The molecule has 0 bridgehead atoms. The maximum atomic E-state index is 12.7. The Kier molecular flexibility index (Phi) is 5.31. The highest BCUT2D eigenvalue weighted by molar-refractivity contribution is 7.99. The van der Waals surface area contributed by atoms with Gasteiger partial charge in [-0.05, 0) is 18.2 Å². The molecule has 2 heterocycles. The summed E-state index contributed by atoms with van der Waals surface area (Å²) in [6.07, 6.45) is 2.02. The van der Waals surface area contributed by atoms with Crippen molar-refractivity contribution in [1.82, 2.24) is 9.29 Å². The quantitative estimate of drug-likeness (QED) is 0.767. The Hall–Kier alpha value is -1.03. The number of hydrogen-bond acceptors (Lipinski definition) is 5. The molecule has 21 heavy (non-hydrogen) atoms. The number of hydrogen-bond donors (Lipinski definition) is 2. The molecule has 0 radical (unpaired) electrons. The van der Waals surface area contributed by atoms with E-state index in [1.165, 1.54) is 17.6 Å². The maximum Gasteiger partial charge on any atom is 0.352 e. The van der Waals surface area contributed by atoms with Crippen LogP contribution >= 0.6 is 11.8 Å². The normalized spacial score (nSPS) is 19.2. The summed E-state index contributed by atoms with van der Waals surface area (Å²) in [6.45, 7) is 0.564. The van der Waals surface area contributed by atoms with Crippen LogP contribution < -0.4 is 0 Å². The highest BCUT2D eigenvalue weighted by Gasteiger charge is 2.34. The summed E-state index contributed by atoms with van der Waals surface area (Å²) in [4.78, 5) is 13.3. The molecule has 1 aromatic heterocycles. The number of sulfonamides is 1. The molecule has 1 fully saturated rings. The molecule has 1 saturated heterocycles. The molecule has 9 heteroatoms. The van der Waals surface area contributed by atoms with Crippen LogP contribution in [0, 0.1) is 0 Å². The van der Waals surface area contributed by atoms with Gasteiger partial charge in [-0.3, -0.25) is 0 Å². The first-order chi connectivity index (χ1) is 9.96. The van der Waals surface area contributed by atoms with Crippen molar-refractivity contribution < 1.29 is 23.1 Å². The number of nitrogens with one attached hydrogen (secondary N) is 1. The third-order valence-corrected chi connectivity index (χ3v) is 6.40. The Morgan fingerprint density at radius 3 is 2.90 bits per heavy atom. The molecular formula is C12H18N2O5S2. The summed E-state index contributed by atoms with van der Waals surface area (Å²) in [6, 6.07) is 1.08. The lowest BCUT2D eigenvalue weighted by atomic mass is 10.3. The summed E-state index contributed by atoms with van der Waals surface area (Å²) in [5.41, 5.74) is -0.138. The van der Waals surface area contributed by atoms with Crippen molar-refractivity contribution in [3.63, 3.8) is 0 Å². The molecule has 1 unspecified atom stereocenters. The lowest BCUT2D eigenvalue weighted by Gasteiger charge is -2.26. The lowest BCUT2D eigenvalue weighted by molar-refractivity contribution is 0.0691. The number of methoxy groups -OCH3 is 1. The van der Waals surface area contributed by atoms with Gasteiger partial charge in [0.15, 0.2) is 0 Å². The van der Waals surface area contributed by atoms with Crippen LogP contribution in [0.2, 0.25) is 0 Å². The number of carbonyl (C=O) groups is 1. The third-order valence-electron chi connectivity index (χ3n) is 3.32. The molecule has 0 aliphatic carbocycles. The van der Waals surface area contributed by atoms with E-state index in [-0.39, 0.29) is 23.2 Å². The van der Waals surface area contributed by atoms with Gasteiger partial charge < -0.3 is 14.8 Å². The summed E-state index contributed by atoms with van der Waals surface area (Å²) in [5, 5.41) is 8.89. The van der Waals surface area contributed by atoms with Crippen LogP contribution in [0.3, 0.4) is 0 Å². The van der Waals surface area contributed by atoms with E-state index in [9.17, 15) is 13.2 Å². The Balaban J connectivity index is 2.28. The number of H-pyrrole nitrogens is 1. The second kappa shape index (κ2) is 6.82. The number of nitrogens with zero attached hydrogens (tertiary/aromatic N) is 1. The molecule has 1 atom stereocenters. The number of aromatic nitrogens is 1. The van der Waals surface area contributed by atoms with Crippen LogP contribution in [-0.2, 0) is 14.8 Å². The molecule has 0 amide bonds. The second-order valence-corrected chi connectivity index (χ2v) is 7.72. The fourth-order valence-corrected chi connectivity index (χ4v) is 5.16. The van der Waals surface area contributed by atoms with E-state index in [2.05, 4.69) is 4.98 Å². The first kappa shape index (κ1) is 16.3. The van der Waals surface area contributed by atoms with E-state index >= 15 is 0 Å². The Labute approximate surface area is 127 Å². The van der Waals surface area contributed by atoms with Crippen molar-refractivity contribution >= 4 is 27.8 Å². The fourth-order valence-electron chi connectivity index (χ4n) is 2.21. The maximum absolute atomic E-state index is 12.7. The van der Waals surface area contributed by atoms with E-state index < -0.39 is 16.0 Å². The summed E-state index contributed by atoms with van der Waals surface area (Å²) in [5.74, 6) is 0.493. The van der Waals surface area contributed by atoms with Crippen molar-refractivity contribution in [3.05, 3.63) is 18.0 Å². The summed E-state index contributed by atoms with van der Waals surface area (Å²) >= 11 is 1.72. The predicted octanol–water partition coefficient (Wildman–Crippen LogP) is 0.856. The number of carboxylic acids is 1. The van der Waals surface area contributed by atoms with Crippen molar-refractivity contribution in [1.29, 1.82) is 0 Å². The molecule has 1 aromatic rings. The molecule has 2 N–H and O–H groups in total. The molecule has 1 aliphatic rings. The van der Waals surface area contributed by atoms with Crippen molar-refractivity contribution in [2.45, 2.75) is 17.4 Å². The van der Waals surface area contributed by atoms with Gasteiger partial charge in [-0.2, -0.15) is 16.1 Å². The molecule has 0 saturated carbocycles. The number of carboxylic acid groups (broad SMARTS) is 1. The highest BCUT2D eigenvalue weighted by atomic mass is 32.2. The zero-order valence-electron chi connectivity index (χ0n) is 11.6. The molecule has 118 valence electrons. The average Bonchev–Trinajstić information content (AvgIpc) is 3.10. The second-order valence-electron chi connectivity index (χ2n) is 4.68. The number of thioether (sulfide) groups is 1. The molecule has 0 aromatic carbocycles. The number of aromatic carboxylic acids is 1. The largest absolute Gasteiger partial charge is 0.477 e. The number of ether oxygens (including phenoxy) is 1. The topological polar surface area (TPSA) is 99.7 Å². The van der Waals surface area contributed by atoms with E-state index in [1.807, 2.05) is 0 Å². The van der Waals surface area contributed by atoms with Gasteiger partial charge in [0.2, 0.25) is 10.0 Å². The third kappa shape index (κ3) is 3.60. The minimum absolute atomic E-state index is 0.0205. The van der Waals surface area contributed by atoms with Crippen LogP contribution in [0.5, 0.6) is 0 Å². The molecule has 2 rings (SSSR count). The van der Waals surface area contributed by atoms with Gasteiger partial charge in [-0.25, -0.2) is 13.2 Å². The van der Waals surface area contributed by atoms with Gasteiger partial charge in [-0.1, -0.05) is 0 Å². The van der Waals surface area contributed by atoms with Crippen LogP contribution in [0.4, 0.5) is 0 Å². The fraction of sp³-hybridized carbons (Fsp3) is 0.583. The SMILES string of the molecule is COCCN(C1CCSC1)S(=O)(=O)c1c[nH]c(C(=O)O)c1. The van der Waals surface area contributed by atoms with Gasteiger partial charge in [0, 0.05) is 31.6 Å². The van der Waals surface area contributed by atoms with Crippen LogP contribution in [0.1, 0.15) is 16.9 Å². The van der Waals surface area contributed by atoms with Crippen LogP contribution in [0.15, 0.2) is 17.2 Å². The predicted molar refractivity (Wildman–Crippen MR) is 79.2 cm³/mol. The van der Waals surface area contributed by atoms with Gasteiger partial charge in [0.1, 0.15) is 10.6 Å². The summed E-state index contributed by atoms with van der Waals surface area (Å²) in [7, 11) is -2.20. The Morgan fingerprint density at radius 2 is 2.38 bits per heavy atom. The number of rotatable bonds is 7. The Bertz CT molecular complexity index is 593. The van der Waals surface area contributed by atoms with Crippen LogP contribution in [0.25, 0.3) is 0 Å². The highest BCUT2D eigenvalue weighted by Crippen LogP contribution is 2.27. The molecule has 0 spiro atoms. The van der Waals surface area contributed by atoms with Gasteiger partial charge >= 0.3 is 5.97 Å². The smallest absolute Gasteiger partial charge is 0.352 e.